The number of carbonyl (C=O) groups excluding carboxylic acids is 1. The largest absolute Gasteiger partial charge is 0.416 e. The number of hydrogen-bond donors (Lipinski definition) is 2. The molecule has 226 valence electrons. The number of rotatable bonds is 4. The molecule has 6 rings (SSSR count). The van der Waals surface area contributed by atoms with Crippen LogP contribution < -0.4 is 11.1 Å². The zero-order valence-corrected chi connectivity index (χ0v) is 24.5. The zero-order valence-electron chi connectivity index (χ0n) is 24.5. The third-order valence-electron chi connectivity index (χ3n) is 9.29. The Morgan fingerprint density at radius 3 is 2.37 bits per heavy atom. The normalized spacial score (nSPS) is 24.2. The number of alkyl halides is 3. The van der Waals surface area contributed by atoms with Gasteiger partial charge in [-0.15, -0.1) is 0 Å². The summed E-state index contributed by atoms with van der Waals surface area (Å²) in [6.07, 6.45) is -2.91. The van der Waals surface area contributed by atoms with Crippen molar-refractivity contribution < 1.29 is 26.7 Å². The lowest BCUT2D eigenvalue weighted by molar-refractivity contribution is -0.138. The van der Waals surface area contributed by atoms with Gasteiger partial charge in [-0.05, 0) is 57.4 Å². The van der Waals surface area contributed by atoms with Crippen LogP contribution in [-0.2, 0) is 36.6 Å². The monoisotopic (exact) mass is 597 g/mol. The highest BCUT2D eigenvalue weighted by Gasteiger charge is 2.56. The summed E-state index contributed by atoms with van der Waals surface area (Å²) in [5.41, 5.74) is 4.05. The maximum Gasteiger partial charge on any atom is 0.416 e. The van der Waals surface area contributed by atoms with Crippen LogP contribution in [0.15, 0.2) is 60.2 Å². The first-order valence-electron chi connectivity index (χ1n) is 14.1. The van der Waals surface area contributed by atoms with Gasteiger partial charge >= 0.3 is 12.2 Å². The average Bonchev–Trinajstić information content (AvgIpc) is 3.41. The highest BCUT2D eigenvalue weighted by atomic mass is 19.4. The predicted molar refractivity (Wildman–Crippen MR) is 152 cm³/mol. The van der Waals surface area contributed by atoms with E-state index in [0.29, 0.717) is 34.6 Å². The van der Waals surface area contributed by atoms with Gasteiger partial charge in [0.05, 0.1) is 33.6 Å². The van der Waals surface area contributed by atoms with Gasteiger partial charge in [0.1, 0.15) is 17.2 Å². The molecule has 2 atom stereocenters. The van der Waals surface area contributed by atoms with Gasteiger partial charge in [0.2, 0.25) is 0 Å². The van der Waals surface area contributed by atoms with Crippen LogP contribution in [0.4, 0.5) is 26.7 Å². The molecular weight excluding hydrogens is 565 g/mol. The fraction of sp³-hybridized carbons (Fsp3) is 0.375. The number of aromatic nitrogens is 2. The summed E-state index contributed by atoms with van der Waals surface area (Å²) in [6, 6.07) is 9.83. The summed E-state index contributed by atoms with van der Waals surface area (Å²) in [4.78, 5) is 13.7. The Balaban J connectivity index is 1.58. The molecular formula is C32H32F5N5O. The van der Waals surface area contributed by atoms with Crippen LogP contribution in [0.2, 0.25) is 0 Å². The summed E-state index contributed by atoms with van der Waals surface area (Å²) in [5, 5.41) is 7.35. The number of fused-ring (bicyclic) bond motifs is 8. The molecule has 0 spiro atoms. The van der Waals surface area contributed by atoms with Crippen molar-refractivity contribution in [3.63, 3.8) is 0 Å². The van der Waals surface area contributed by atoms with Crippen LogP contribution >= 0.6 is 0 Å². The molecule has 0 saturated heterocycles. The Morgan fingerprint density at radius 1 is 1.05 bits per heavy atom. The summed E-state index contributed by atoms with van der Waals surface area (Å²) in [7, 11) is 0. The van der Waals surface area contributed by atoms with Crippen LogP contribution in [0.3, 0.4) is 0 Å². The van der Waals surface area contributed by atoms with Gasteiger partial charge < -0.3 is 11.1 Å². The van der Waals surface area contributed by atoms with Crippen LogP contribution in [0.5, 0.6) is 0 Å². The number of para-hydroxylation sites is 1. The number of hydrogen-bond acceptors (Lipinski definition) is 3. The van der Waals surface area contributed by atoms with E-state index in [-0.39, 0.29) is 24.2 Å². The number of amides is 2. The van der Waals surface area contributed by atoms with Crippen LogP contribution in [0, 0.1) is 0 Å². The molecule has 1 aliphatic carbocycles. The lowest BCUT2D eigenvalue weighted by Gasteiger charge is -2.44. The van der Waals surface area contributed by atoms with Crippen molar-refractivity contribution in [2.75, 3.05) is 0 Å². The van der Waals surface area contributed by atoms with Crippen molar-refractivity contribution in [2.45, 2.75) is 76.8 Å². The summed E-state index contributed by atoms with van der Waals surface area (Å²) in [5.74, 6) is -1.45. The number of aryl methyl sites for hydroxylation is 1. The molecule has 2 amide bonds. The minimum atomic E-state index is -4.53. The van der Waals surface area contributed by atoms with E-state index < -0.39 is 45.9 Å². The van der Waals surface area contributed by atoms with Crippen LogP contribution in [-0.4, -0.2) is 26.3 Å². The lowest BCUT2D eigenvalue weighted by Crippen LogP contribution is -2.52. The predicted octanol–water partition coefficient (Wildman–Crippen LogP) is 6.95. The summed E-state index contributed by atoms with van der Waals surface area (Å²) in [6.45, 7) is 8.78. The molecule has 2 aliphatic heterocycles. The number of nitrogens with two attached hydrogens (primary N) is 1. The number of urea groups is 1. The summed E-state index contributed by atoms with van der Waals surface area (Å²) >= 11 is 0. The quantitative estimate of drug-likeness (QED) is 0.320. The second-order valence-electron chi connectivity index (χ2n) is 12.3. The van der Waals surface area contributed by atoms with E-state index in [1.165, 1.54) is 19.1 Å². The minimum Gasteiger partial charge on any atom is -0.352 e. The van der Waals surface area contributed by atoms with Gasteiger partial charge in [-0.25, -0.2) is 18.3 Å². The Morgan fingerprint density at radius 2 is 1.72 bits per heavy atom. The lowest BCUT2D eigenvalue weighted by atomic mass is 9.65. The number of carbonyl (C=O) groups is 1. The van der Waals surface area contributed by atoms with E-state index in [0.717, 1.165) is 17.7 Å². The van der Waals surface area contributed by atoms with E-state index in [4.69, 9.17) is 10.8 Å². The third-order valence-corrected chi connectivity index (χ3v) is 9.29. The molecule has 2 aromatic carbocycles. The van der Waals surface area contributed by atoms with E-state index in [9.17, 15) is 18.0 Å². The van der Waals surface area contributed by atoms with Gasteiger partial charge in [0.25, 0.3) is 0 Å². The number of benzene rings is 2. The average molecular weight is 598 g/mol. The molecule has 1 aromatic heterocycles. The number of allylic oxidation sites excluding steroid dienone is 2. The van der Waals surface area contributed by atoms with Crippen LogP contribution in [0.25, 0.3) is 11.3 Å². The highest BCUT2D eigenvalue weighted by molar-refractivity contribution is 5.90. The van der Waals surface area contributed by atoms with Crippen molar-refractivity contribution in [1.29, 1.82) is 0 Å². The fourth-order valence-electron chi connectivity index (χ4n) is 7.05. The second kappa shape index (κ2) is 9.25. The van der Waals surface area contributed by atoms with E-state index in [1.54, 1.807) is 29.8 Å². The zero-order chi connectivity index (χ0) is 31.3. The minimum absolute atomic E-state index is 0.0258. The molecule has 43 heavy (non-hydrogen) atoms. The van der Waals surface area contributed by atoms with Gasteiger partial charge in [-0.1, -0.05) is 43.3 Å². The third kappa shape index (κ3) is 4.00. The highest BCUT2D eigenvalue weighted by Crippen LogP contribution is 2.59. The van der Waals surface area contributed by atoms with Crippen LogP contribution in [0.1, 0.15) is 73.8 Å². The maximum absolute atomic E-state index is 16.7. The topological polar surface area (TPSA) is 76.2 Å². The Kier molecular flexibility index (Phi) is 6.26. The summed E-state index contributed by atoms with van der Waals surface area (Å²) < 4.78 is 76.6. The Hall–Kier alpha value is -3.99. The number of nitrogens with one attached hydrogen (secondary N) is 1. The standard InChI is InChI=1S/C32H32F5N5O/c1-6-17-11-9-12-19-23-25(34)30(4,39-28(38)43)14-22(33)31(23,5)27-20-16-41(29(2,3)26(20)40-42(27)24(17)19)15-18-10-7-8-13-21(18)32(35,36)37/h7-14H,6,15-16H2,1-5H3,(H3,38,39,43). The van der Waals surface area contributed by atoms with E-state index in [1.807, 2.05) is 31.7 Å². The molecule has 6 nitrogen and oxygen atoms in total. The van der Waals surface area contributed by atoms with Crippen molar-refractivity contribution in [2.24, 2.45) is 5.73 Å². The van der Waals surface area contributed by atoms with Gasteiger partial charge in [0, 0.05) is 29.8 Å². The molecule has 2 unspecified atom stereocenters. The molecule has 3 heterocycles. The molecule has 3 aromatic rings. The molecule has 0 bridgehead atoms. The Bertz CT molecular complexity index is 1750. The Labute approximate surface area is 246 Å². The SMILES string of the molecule is CCc1cccc2c1-n1nc3c(c1C1(C)C(F)=CC(C)(NC(N)=O)C(F)=C21)CN(Cc1ccccc1C(F)(F)F)C3(C)C. The molecule has 3 N–H and O–H groups in total. The van der Waals surface area contributed by atoms with Crippen molar-refractivity contribution >= 4 is 11.6 Å². The second-order valence-corrected chi connectivity index (χ2v) is 12.3. The van der Waals surface area contributed by atoms with Gasteiger partial charge in [0.15, 0.2) is 0 Å². The number of primary amides is 1. The van der Waals surface area contributed by atoms with Crippen molar-refractivity contribution in [3.05, 3.63) is 99.4 Å². The molecule has 0 fully saturated rings. The molecule has 3 aliphatic rings. The molecule has 0 radical (unpaired) electrons. The maximum atomic E-state index is 16.7. The first-order valence-corrected chi connectivity index (χ1v) is 14.1. The van der Waals surface area contributed by atoms with Crippen molar-refractivity contribution in [3.8, 4) is 5.69 Å². The van der Waals surface area contributed by atoms with Gasteiger partial charge in [-0.2, -0.15) is 18.3 Å². The molecule has 11 heteroatoms. The first-order chi connectivity index (χ1) is 20.1. The van der Waals surface area contributed by atoms with E-state index >= 15 is 8.78 Å². The number of halogens is 5. The number of nitrogens with zero attached hydrogens (tertiary/aromatic N) is 3. The molecule has 0 saturated carbocycles. The first kappa shape index (κ1) is 29.1. The van der Waals surface area contributed by atoms with Gasteiger partial charge in [-0.3, -0.25) is 4.90 Å². The fourth-order valence-corrected chi connectivity index (χ4v) is 7.05. The smallest absolute Gasteiger partial charge is 0.352 e. The van der Waals surface area contributed by atoms with E-state index in [2.05, 4.69) is 5.32 Å². The van der Waals surface area contributed by atoms with Crippen molar-refractivity contribution in [1.82, 2.24) is 20.0 Å².